The van der Waals surface area contributed by atoms with Crippen LogP contribution in [-0.4, -0.2) is 17.6 Å². The fourth-order valence-electron chi connectivity index (χ4n) is 0.887. The summed E-state index contributed by atoms with van der Waals surface area (Å²) in [7, 11) is 0. The first-order valence-corrected chi connectivity index (χ1v) is 4.48. The van der Waals surface area contributed by atoms with E-state index in [4.69, 9.17) is 16.3 Å². The van der Waals surface area contributed by atoms with Gasteiger partial charge in [0.2, 0.25) is 0 Å². The minimum absolute atomic E-state index is 0. The van der Waals surface area contributed by atoms with Crippen molar-refractivity contribution in [3.8, 4) is 0 Å². The minimum Gasteiger partial charge on any atom is -0.462 e. The lowest BCUT2D eigenvalue weighted by atomic mass is 10.2. The van der Waals surface area contributed by atoms with Gasteiger partial charge >= 0.3 is 5.97 Å². The van der Waals surface area contributed by atoms with E-state index in [0.29, 0.717) is 18.1 Å². The van der Waals surface area contributed by atoms with Crippen LogP contribution in [0.2, 0.25) is 0 Å². The Morgan fingerprint density at radius 1 is 1.57 bits per heavy atom. The first-order chi connectivity index (χ1) is 6.27. The number of nitrogens with zero attached hydrogens (tertiary/aromatic N) is 1. The van der Waals surface area contributed by atoms with Gasteiger partial charge in [-0.3, -0.25) is 4.98 Å². The van der Waals surface area contributed by atoms with Crippen LogP contribution >= 0.6 is 24.0 Å². The van der Waals surface area contributed by atoms with Crippen molar-refractivity contribution in [2.75, 3.05) is 6.61 Å². The Labute approximate surface area is 93.8 Å². The highest BCUT2D eigenvalue weighted by Gasteiger charge is 2.06. The van der Waals surface area contributed by atoms with Gasteiger partial charge in [0.05, 0.1) is 12.2 Å². The highest BCUT2D eigenvalue weighted by atomic mass is 35.5. The van der Waals surface area contributed by atoms with E-state index < -0.39 is 0 Å². The molecule has 1 aromatic heterocycles. The second-order valence-corrected chi connectivity index (χ2v) is 2.70. The van der Waals surface area contributed by atoms with Gasteiger partial charge in [-0.1, -0.05) is 0 Å². The predicted molar refractivity (Wildman–Crippen MR) is 57.0 cm³/mol. The maximum absolute atomic E-state index is 11.2. The number of rotatable bonds is 3. The molecule has 1 heterocycles. The molecular formula is C9H11Cl2NO2. The van der Waals surface area contributed by atoms with Crippen LogP contribution in [0.25, 0.3) is 0 Å². The molecule has 5 heteroatoms. The lowest BCUT2D eigenvalue weighted by Crippen LogP contribution is -2.05. The van der Waals surface area contributed by atoms with Gasteiger partial charge in [-0.05, 0) is 18.6 Å². The van der Waals surface area contributed by atoms with Crippen molar-refractivity contribution < 1.29 is 9.53 Å². The third-order valence-corrected chi connectivity index (χ3v) is 1.77. The Hall–Kier alpha value is -0.800. The fourth-order valence-corrected chi connectivity index (χ4v) is 1.03. The second-order valence-electron chi connectivity index (χ2n) is 2.44. The average Bonchev–Trinajstić information content (AvgIpc) is 2.18. The quantitative estimate of drug-likeness (QED) is 0.597. The van der Waals surface area contributed by atoms with Gasteiger partial charge < -0.3 is 4.74 Å². The SMILES string of the molecule is CCOC(=O)c1cncc(CCl)c1.Cl. The molecule has 0 spiro atoms. The largest absolute Gasteiger partial charge is 0.462 e. The second kappa shape index (κ2) is 6.62. The summed E-state index contributed by atoms with van der Waals surface area (Å²) in [4.78, 5) is 15.1. The third kappa shape index (κ3) is 3.52. The van der Waals surface area contributed by atoms with Crippen molar-refractivity contribution in [3.63, 3.8) is 0 Å². The smallest absolute Gasteiger partial charge is 0.339 e. The average molecular weight is 236 g/mol. The van der Waals surface area contributed by atoms with Crippen molar-refractivity contribution >= 4 is 30.0 Å². The summed E-state index contributed by atoms with van der Waals surface area (Å²) >= 11 is 5.59. The summed E-state index contributed by atoms with van der Waals surface area (Å²) in [5.41, 5.74) is 1.26. The van der Waals surface area contributed by atoms with Gasteiger partial charge in [0.1, 0.15) is 0 Å². The van der Waals surface area contributed by atoms with E-state index in [1.54, 1.807) is 19.2 Å². The van der Waals surface area contributed by atoms with E-state index in [1.807, 2.05) is 0 Å². The van der Waals surface area contributed by atoms with Gasteiger partial charge in [-0.2, -0.15) is 0 Å². The maximum atomic E-state index is 11.2. The highest BCUT2D eigenvalue weighted by Crippen LogP contribution is 2.06. The monoisotopic (exact) mass is 235 g/mol. The zero-order valence-electron chi connectivity index (χ0n) is 7.70. The summed E-state index contributed by atoms with van der Waals surface area (Å²) in [6.45, 7) is 2.13. The molecular weight excluding hydrogens is 225 g/mol. The lowest BCUT2D eigenvalue weighted by Gasteiger charge is -2.01. The summed E-state index contributed by atoms with van der Waals surface area (Å²) in [5.74, 6) is -0.0118. The van der Waals surface area contributed by atoms with Crippen molar-refractivity contribution in [2.24, 2.45) is 0 Å². The first-order valence-electron chi connectivity index (χ1n) is 3.95. The molecule has 0 unspecified atom stereocenters. The molecule has 0 bridgehead atoms. The molecule has 1 aromatic rings. The number of hydrogen-bond donors (Lipinski definition) is 0. The van der Waals surface area contributed by atoms with Crippen LogP contribution < -0.4 is 0 Å². The number of carbonyl (C=O) groups is 1. The van der Waals surface area contributed by atoms with Crippen LogP contribution in [0.5, 0.6) is 0 Å². The topological polar surface area (TPSA) is 39.2 Å². The van der Waals surface area contributed by atoms with E-state index in [1.165, 1.54) is 6.20 Å². The van der Waals surface area contributed by atoms with Crippen molar-refractivity contribution in [1.29, 1.82) is 0 Å². The van der Waals surface area contributed by atoms with E-state index in [-0.39, 0.29) is 18.4 Å². The standard InChI is InChI=1S/C9H10ClNO2.ClH/c1-2-13-9(12)8-3-7(4-10)5-11-6-8;/h3,5-6H,2,4H2,1H3;1H. The number of ether oxygens (including phenoxy) is 1. The van der Waals surface area contributed by atoms with Crippen LogP contribution in [0.3, 0.4) is 0 Å². The summed E-state index contributed by atoms with van der Waals surface area (Å²) in [6.07, 6.45) is 3.09. The number of aromatic nitrogens is 1. The van der Waals surface area contributed by atoms with Crippen LogP contribution in [0.1, 0.15) is 22.8 Å². The normalized spacial score (nSPS) is 9.00. The Bertz CT molecular complexity index is 305. The summed E-state index contributed by atoms with van der Waals surface area (Å²) in [5, 5.41) is 0. The Morgan fingerprint density at radius 3 is 2.86 bits per heavy atom. The molecule has 0 amide bonds. The maximum Gasteiger partial charge on any atom is 0.339 e. The minimum atomic E-state index is -0.359. The molecule has 78 valence electrons. The summed E-state index contributed by atoms with van der Waals surface area (Å²) < 4.78 is 4.81. The van der Waals surface area contributed by atoms with E-state index in [9.17, 15) is 4.79 Å². The molecule has 1 rings (SSSR count). The predicted octanol–water partition coefficient (Wildman–Crippen LogP) is 2.42. The number of alkyl halides is 1. The van der Waals surface area contributed by atoms with E-state index >= 15 is 0 Å². The molecule has 0 N–H and O–H groups in total. The van der Waals surface area contributed by atoms with Gasteiger partial charge in [0.25, 0.3) is 0 Å². The number of carbonyl (C=O) groups excluding carboxylic acids is 1. The Morgan fingerprint density at radius 2 is 2.29 bits per heavy atom. The number of pyridine rings is 1. The molecule has 0 atom stereocenters. The lowest BCUT2D eigenvalue weighted by molar-refractivity contribution is 0.0526. The van der Waals surface area contributed by atoms with Crippen LogP contribution in [0, 0.1) is 0 Å². The molecule has 0 fully saturated rings. The van der Waals surface area contributed by atoms with Gasteiger partial charge in [-0.15, -0.1) is 24.0 Å². The molecule has 0 aliphatic carbocycles. The van der Waals surface area contributed by atoms with Gasteiger partial charge in [0, 0.05) is 18.3 Å². The fraction of sp³-hybridized carbons (Fsp3) is 0.333. The Kier molecular flexibility index (Phi) is 6.25. The highest BCUT2D eigenvalue weighted by molar-refractivity contribution is 6.17. The molecule has 0 saturated carbocycles. The zero-order chi connectivity index (χ0) is 9.68. The van der Waals surface area contributed by atoms with Crippen LogP contribution in [-0.2, 0) is 10.6 Å². The molecule has 14 heavy (non-hydrogen) atoms. The van der Waals surface area contributed by atoms with Crippen molar-refractivity contribution in [2.45, 2.75) is 12.8 Å². The molecule has 0 aliphatic rings. The molecule has 0 saturated heterocycles. The molecule has 0 aromatic carbocycles. The van der Waals surface area contributed by atoms with Crippen molar-refractivity contribution in [3.05, 3.63) is 29.6 Å². The molecule has 0 aliphatic heterocycles. The zero-order valence-corrected chi connectivity index (χ0v) is 9.27. The number of halogens is 2. The first kappa shape index (κ1) is 13.2. The number of esters is 1. The van der Waals surface area contributed by atoms with E-state index in [0.717, 1.165) is 5.56 Å². The molecule has 0 radical (unpaired) electrons. The van der Waals surface area contributed by atoms with Crippen LogP contribution in [0.4, 0.5) is 0 Å². The van der Waals surface area contributed by atoms with E-state index in [2.05, 4.69) is 4.98 Å². The number of hydrogen-bond acceptors (Lipinski definition) is 3. The van der Waals surface area contributed by atoms with Gasteiger partial charge in [0.15, 0.2) is 0 Å². The summed E-state index contributed by atoms with van der Waals surface area (Å²) in [6, 6.07) is 1.68. The van der Waals surface area contributed by atoms with Crippen molar-refractivity contribution in [1.82, 2.24) is 4.98 Å². The van der Waals surface area contributed by atoms with Gasteiger partial charge in [-0.25, -0.2) is 4.79 Å². The molecule has 3 nitrogen and oxygen atoms in total. The third-order valence-electron chi connectivity index (χ3n) is 1.46. The Balaban J connectivity index is 0.00000169. The van der Waals surface area contributed by atoms with Crippen LogP contribution in [0.15, 0.2) is 18.5 Å².